The summed E-state index contributed by atoms with van der Waals surface area (Å²) in [5, 5.41) is 15.4. The first-order chi connectivity index (χ1) is 8.24. The van der Waals surface area contributed by atoms with Crippen LogP contribution in [0.4, 0.5) is 0 Å². The molecular weight excluding hydrogens is 220 g/mol. The van der Waals surface area contributed by atoms with E-state index in [-0.39, 0.29) is 6.61 Å². The zero-order valence-electron chi connectivity index (χ0n) is 9.42. The van der Waals surface area contributed by atoms with Gasteiger partial charge in [-0.05, 0) is 17.7 Å². The third-order valence-corrected chi connectivity index (χ3v) is 2.45. The molecule has 0 saturated heterocycles. The molecule has 1 aromatic carbocycles. The lowest BCUT2D eigenvalue weighted by Gasteiger charge is -2.08. The van der Waals surface area contributed by atoms with Crippen molar-refractivity contribution in [2.45, 2.75) is 12.6 Å². The first-order valence-corrected chi connectivity index (χ1v) is 5.16. The number of benzene rings is 1. The van der Waals surface area contributed by atoms with Gasteiger partial charge >= 0.3 is 0 Å². The Balaban J connectivity index is 2.20. The highest BCUT2D eigenvalue weighted by Crippen LogP contribution is 2.19. The van der Waals surface area contributed by atoms with Crippen molar-refractivity contribution in [2.24, 2.45) is 5.73 Å². The minimum absolute atomic E-state index is 0.178. The van der Waals surface area contributed by atoms with Crippen molar-refractivity contribution >= 4 is 0 Å². The predicted molar refractivity (Wildman–Crippen MR) is 61.3 cm³/mol. The Kier molecular flexibility index (Phi) is 3.36. The number of hydrogen-bond donors (Lipinski definition) is 3. The second kappa shape index (κ2) is 4.94. The molecule has 0 radical (unpaired) electrons. The minimum Gasteiger partial charge on any atom is -0.497 e. The highest BCUT2D eigenvalue weighted by atomic mass is 16.5. The van der Waals surface area contributed by atoms with Crippen LogP contribution in [0.1, 0.15) is 23.3 Å². The summed E-state index contributed by atoms with van der Waals surface area (Å²) in [5.41, 5.74) is 6.89. The Morgan fingerprint density at radius 2 is 2.12 bits per heavy atom. The molecule has 1 heterocycles. The van der Waals surface area contributed by atoms with Gasteiger partial charge in [0.2, 0.25) is 0 Å². The fraction of sp³-hybridized carbons (Fsp3) is 0.273. The second-order valence-electron chi connectivity index (χ2n) is 3.55. The molecule has 90 valence electrons. The monoisotopic (exact) mass is 234 g/mol. The molecule has 0 aliphatic rings. The Morgan fingerprint density at radius 1 is 1.41 bits per heavy atom. The third kappa shape index (κ3) is 2.43. The molecule has 0 aliphatic carbocycles. The quantitative estimate of drug-likeness (QED) is 0.709. The van der Waals surface area contributed by atoms with Gasteiger partial charge < -0.3 is 15.6 Å². The number of aromatic nitrogens is 3. The van der Waals surface area contributed by atoms with Gasteiger partial charge in [-0.25, -0.2) is 4.98 Å². The van der Waals surface area contributed by atoms with Crippen LogP contribution in [0.3, 0.4) is 0 Å². The molecule has 6 heteroatoms. The highest BCUT2D eigenvalue weighted by molar-refractivity contribution is 5.31. The van der Waals surface area contributed by atoms with E-state index >= 15 is 0 Å². The summed E-state index contributed by atoms with van der Waals surface area (Å²) < 4.78 is 5.06. The topological polar surface area (TPSA) is 97.0 Å². The molecule has 1 atom stereocenters. The van der Waals surface area contributed by atoms with Crippen molar-refractivity contribution in [3.8, 4) is 5.75 Å². The fourth-order valence-corrected chi connectivity index (χ4v) is 1.48. The Bertz CT molecular complexity index is 480. The average molecular weight is 234 g/mol. The van der Waals surface area contributed by atoms with E-state index in [9.17, 15) is 0 Å². The molecule has 0 amide bonds. The van der Waals surface area contributed by atoms with Crippen LogP contribution in [0.5, 0.6) is 5.75 Å². The maximum Gasteiger partial charge on any atom is 0.171 e. The molecule has 0 aliphatic heterocycles. The standard InChI is InChI=1S/C11H14N4O2/c1-17-8-4-2-7(3-5-8)10(12)11-13-9(6-16)14-15-11/h2-5,10,16H,6,12H2,1H3,(H,13,14,15)/t10-/m1/s1. The van der Waals surface area contributed by atoms with E-state index < -0.39 is 6.04 Å². The highest BCUT2D eigenvalue weighted by Gasteiger charge is 2.14. The Labute approximate surface area is 98.4 Å². The van der Waals surface area contributed by atoms with Gasteiger partial charge in [-0.3, -0.25) is 5.10 Å². The van der Waals surface area contributed by atoms with E-state index in [0.29, 0.717) is 11.6 Å². The second-order valence-corrected chi connectivity index (χ2v) is 3.55. The van der Waals surface area contributed by atoms with Crippen LogP contribution in [0, 0.1) is 0 Å². The number of nitrogens with one attached hydrogen (secondary N) is 1. The van der Waals surface area contributed by atoms with Crippen molar-refractivity contribution in [1.82, 2.24) is 15.2 Å². The van der Waals surface area contributed by atoms with Crippen LogP contribution < -0.4 is 10.5 Å². The maximum atomic E-state index is 8.88. The zero-order chi connectivity index (χ0) is 12.3. The number of ether oxygens (including phenoxy) is 1. The number of aliphatic hydroxyl groups excluding tert-OH is 1. The van der Waals surface area contributed by atoms with Gasteiger partial charge in [0, 0.05) is 0 Å². The molecule has 0 fully saturated rings. The van der Waals surface area contributed by atoms with Crippen LogP contribution >= 0.6 is 0 Å². The van der Waals surface area contributed by atoms with Gasteiger partial charge in [0.15, 0.2) is 5.82 Å². The van der Waals surface area contributed by atoms with Gasteiger partial charge in [-0.1, -0.05) is 12.1 Å². The summed E-state index contributed by atoms with van der Waals surface area (Å²) in [6, 6.07) is 6.96. The zero-order valence-corrected chi connectivity index (χ0v) is 9.42. The van der Waals surface area contributed by atoms with E-state index in [1.54, 1.807) is 7.11 Å². The maximum absolute atomic E-state index is 8.88. The molecule has 2 rings (SSSR count). The van der Waals surface area contributed by atoms with Gasteiger partial charge in [-0.2, -0.15) is 5.10 Å². The molecule has 1 aromatic heterocycles. The van der Waals surface area contributed by atoms with E-state index in [4.69, 9.17) is 15.6 Å². The van der Waals surface area contributed by atoms with E-state index in [0.717, 1.165) is 11.3 Å². The molecule has 0 spiro atoms. The van der Waals surface area contributed by atoms with Crippen molar-refractivity contribution in [3.05, 3.63) is 41.5 Å². The lowest BCUT2D eigenvalue weighted by atomic mass is 10.1. The van der Waals surface area contributed by atoms with Gasteiger partial charge in [0.25, 0.3) is 0 Å². The number of nitrogens with two attached hydrogens (primary N) is 1. The molecule has 4 N–H and O–H groups in total. The molecule has 17 heavy (non-hydrogen) atoms. The molecular formula is C11H14N4O2. The summed E-state index contributed by atoms with van der Waals surface area (Å²) in [4.78, 5) is 4.07. The molecule has 0 bridgehead atoms. The Morgan fingerprint density at radius 3 is 2.65 bits per heavy atom. The number of hydrogen-bond acceptors (Lipinski definition) is 5. The minimum atomic E-state index is -0.419. The van der Waals surface area contributed by atoms with Crippen molar-refractivity contribution < 1.29 is 9.84 Å². The first kappa shape index (κ1) is 11.6. The number of aliphatic hydroxyl groups is 1. The summed E-state index contributed by atoms with van der Waals surface area (Å²) in [5.74, 6) is 1.63. The van der Waals surface area contributed by atoms with Crippen LogP contribution in [0.25, 0.3) is 0 Å². The lowest BCUT2D eigenvalue weighted by Crippen LogP contribution is -2.13. The summed E-state index contributed by atoms with van der Waals surface area (Å²) in [6.07, 6.45) is 0. The number of nitrogens with zero attached hydrogens (tertiary/aromatic N) is 2. The predicted octanol–water partition coefficient (Wildman–Crippen LogP) is 0.354. The SMILES string of the molecule is COc1ccc([C@@H](N)c2n[nH]c(CO)n2)cc1. The number of methoxy groups -OCH3 is 1. The Hall–Kier alpha value is -1.92. The largest absolute Gasteiger partial charge is 0.497 e. The number of rotatable bonds is 4. The fourth-order valence-electron chi connectivity index (χ4n) is 1.48. The molecule has 0 saturated carbocycles. The molecule has 6 nitrogen and oxygen atoms in total. The smallest absolute Gasteiger partial charge is 0.171 e. The lowest BCUT2D eigenvalue weighted by molar-refractivity contribution is 0.271. The van der Waals surface area contributed by atoms with Crippen LogP contribution in [0.2, 0.25) is 0 Å². The van der Waals surface area contributed by atoms with Crippen LogP contribution in [-0.2, 0) is 6.61 Å². The molecule has 0 unspecified atom stereocenters. The van der Waals surface area contributed by atoms with E-state index in [1.807, 2.05) is 24.3 Å². The normalized spacial score (nSPS) is 12.4. The van der Waals surface area contributed by atoms with Crippen LogP contribution in [0.15, 0.2) is 24.3 Å². The van der Waals surface area contributed by atoms with Gasteiger partial charge in [-0.15, -0.1) is 0 Å². The van der Waals surface area contributed by atoms with Gasteiger partial charge in [0.05, 0.1) is 13.2 Å². The summed E-state index contributed by atoms with van der Waals surface area (Å²) >= 11 is 0. The summed E-state index contributed by atoms with van der Waals surface area (Å²) in [6.45, 7) is -0.178. The first-order valence-electron chi connectivity index (χ1n) is 5.16. The van der Waals surface area contributed by atoms with Crippen molar-refractivity contribution in [2.75, 3.05) is 7.11 Å². The van der Waals surface area contributed by atoms with Crippen molar-refractivity contribution in [3.63, 3.8) is 0 Å². The van der Waals surface area contributed by atoms with Crippen molar-refractivity contribution in [1.29, 1.82) is 0 Å². The van der Waals surface area contributed by atoms with E-state index in [2.05, 4.69) is 15.2 Å². The number of aromatic amines is 1. The summed E-state index contributed by atoms with van der Waals surface area (Å²) in [7, 11) is 1.61. The van der Waals surface area contributed by atoms with E-state index in [1.165, 1.54) is 0 Å². The number of H-pyrrole nitrogens is 1. The average Bonchev–Trinajstić information content (AvgIpc) is 2.87. The third-order valence-electron chi connectivity index (χ3n) is 2.45. The van der Waals surface area contributed by atoms with Gasteiger partial charge in [0.1, 0.15) is 18.2 Å². The van der Waals surface area contributed by atoms with Crippen LogP contribution in [-0.4, -0.2) is 27.4 Å². The molecule has 2 aromatic rings.